The van der Waals surface area contributed by atoms with E-state index in [0.29, 0.717) is 12.5 Å². The Morgan fingerprint density at radius 3 is 1.95 bits per heavy atom. The third-order valence-electron chi connectivity index (χ3n) is 8.87. The van der Waals surface area contributed by atoms with E-state index in [1.165, 1.54) is 77.6 Å². The van der Waals surface area contributed by atoms with Crippen molar-refractivity contribution < 1.29 is 28.5 Å². The van der Waals surface area contributed by atoms with E-state index in [-0.39, 0.29) is 48.8 Å². The molecular formula is C32H61NO6. The minimum absolute atomic E-state index is 0.0259. The average Bonchev–Trinajstić information content (AvgIpc) is 3.20. The fourth-order valence-corrected chi connectivity index (χ4v) is 6.00. The molecule has 2 aliphatic rings. The molecule has 0 saturated carbocycles. The van der Waals surface area contributed by atoms with Gasteiger partial charge in [0, 0.05) is 12.8 Å². The van der Waals surface area contributed by atoms with Crippen molar-refractivity contribution in [3.63, 3.8) is 0 Å². The highest BCUT2D eigenvalue weighted by Crippen LogP contribution is 2.37. The molecule has 2 fully saturated rings. The Hall–Kier alpha value is -0.730. The lowest BCUT2D eigenvalue weighted by molar-refractivity contribution is -0.258. The van der Waals surface area contributed by atoms with Gasteiger partial charge in [0.15, 0.2) is 12.1 Å². The van der Waals surface area contributed by atoms with Crippen molar-refractivity contribution in [3.05, 3.63) is 0 Å². The van der Waals surface area contributed by atoms with Crippen LogP contribution in [0.15, 0.2) is 0 Å². The van der Waals surface area contributed by atoms with Gasteiger partial charge in [0.2, 0.25) is 0 Å². The monoisotopic (exact) mass is 555 g/mol. The Labute approximate surface area is 239 Å². The van der Waals surface area contributed by atoms with Gasteiger partial charge >= 0.3 is 5.97 Å². The first-order chi connectivity index (χ1) is 18.6. The van der Waals surface area contributed by atoms with Crippen molar-refractivity contribution in [2.45, 2.75) is 168 Å². The zero-order valence-electron chi connectivity index (χ0n) is 26.3. The van der Waals surface area contributed by atoms with E-state index in [1.54, 1.807) is 0 Å². The third kappa shape index (κ3) is 12.4. The largest absolute Gasteiger partial charge is 0.463 e. The quantitative estimate of drug-likeness (QED) is 0.134. The minimum atomic E-state index is -0.641. The highest BCUT2D eigenvalue weighted by molar-refractivity contribution is 5.65. The van der Waals surface area contributed by atoms with Gasteiger partial charge in [-0.25, -0.2) is 0 Å². The lowest BCUT2D eigenvalue weighted by Crippen LogP contribution is -2.50. The molecule has 8 atom stereocenters. The number of hydrogen-bond donors (Lipinski definition) is 1. The molecule has 2 heterocycles. The van der Waals surface area contributed by atoms with Gasteiger partial charge in [-0.05, 0) is 32.1 Å². The molecule has 0 aromatic heterocycles. The Morgan fingerprint density at radius 2 is 1.38 bits per heavy atom. The number of nitrogens with two attached hydrogens (primary N) is 1. The van der Waals surface area contributed by atoms with Crippen LogP contribution in [-0.2, 0) is 28.5 Å². The van der Waals surface area contributed by atoms with Crippen LogP contribution in [0.5, 0.6) is 0 Å². The van der Waals surface area contributed by atoms with Crippen LogP contribution in [0.4, 0.5) is 0 Å². The predicted molar refractivity (Wildman–Crippen MR) is 156 cm³/mol. The number of esters is 1. The van der Waals surface area contributed by atoms with E-state index in [0.717, 1.165) is 12.8 Å². The van der Waals surface area contributed by atoms with Crippen LogP contribution < -0.4 is 5.73 Å². The highest BCUT2D eigenvalue weighted by Gasteiger charge is 2.45. The Kier molecular flexibility index (Phi) is 15.9. The summed E-state index contributed by atoms with van der Waals surface area (Å²) in [4.78, 5) is 11.3. The molecule has 2 aliphatic heterocycles. The van der Waals surface area contributed by atoms with Crippen molar-refractivity contribution in [2.24, 2.45) is 23.5 Å². The van der Waals surface area contributed by atoms with E-state index in [4.69, 9.17) is 29.4 Å². The van der Waals surface area contributed by atoms with Crippen molar-refractivity contribution in [2.75, 3.05) is 13.2 Å². The van der Waals surface area contributed by atoms with Gasteiger partial charge in [-0.3, -0.25) is 4.79 Å². The second-order valence-electron chi connectivity index (χ2n) is 12.7. The van der Waals surface area contributed by atoms with Gasteiger partial charge in [-0.1, -0.05) is 105 Å². The molecule has 2 unspecified atom stereocenters. The molecule has 230 valence electrons. The van der Waals surface area contributed by atoms with Crippen LogP contribution in [0.25, 0.3) is 0 Å². The number of ether oxygens (including phenoxy) is 5. The zero-order chi connectivity index (χ0) is 28.8. The summed E-state index contributed by atoms with van der Waals surface area (Å²) in [5, 5.41) is 0. The van der Waals surface area contributed by atoms with E-state index in [9.17, 15) is 4.79 Å². The molecule has 2 saturated heterocycles. The summed E-state index contributed by atoms with van der Waals surface area (Å²) in [6.45, 7) is 14.7. The molecule has 7 nitrogen and oxygen atoms in total. The first-order valence-electron chi connectivity index (χ1n) is 16.1. The average molecular weight is 556 g/mol. The highest BCUT2D eigenvalue weighted by atomic mass is 16.8. The van der Waals surface area contributed by atoms with Crippen LogP contribution in [0.3, 0.4) is 0 Å². The molecule has 2 N–H and O–H groups in total. The molecule has 0 spiro atoms. The van der Waals surface area contributed by atoms with E-state index in [1.807, 2.05) is 13.8 Å². The van der Waals surface area contributed by atoms with Gasteiger partial charge in [0.05, 0.1) is 24.9 Å². The van der Waals surface area contributed by atoms with Gasteiger partial charge < -0.3 is 29.4 Å². The first kappa shape index (κ1) is 34.5. The molecule has 0 amide bonds. The Morgan fingerprint density at radius 1 is 0.821 bits per heavy atom. The zero-order valence-corrected chi connectivity index (χ0v) is 26.3. The molecule has 0 aromatic rings. The molecule has 0 bridgehead atoms. The summed E-state index contributed by atoms with van der Waals surface area (Å²) >= 11 is 0. The second kappa shape index (κ2) is 17.9. The fourth-order valence-electron chi connectivity index (χ4n) is 6.00. The normalized spacial score (nSPS) is 31.3. The number of carbonyl (C=O) groups excluding carboxylic acids is 1. The van der Waals surface area contributed by atoms with E-state index < -0.39 is 12.1 Å². The minimum Gasteiger partial charge on any atom is -0.463 e. The summed E-state index contributed by atoms with van der Waals surface area (Å²) in [6, 6.07) is -0.313. The van der Waals surface area contributed by atoms with Gasteiger partial charge in [0.25, 0.3) is 0 Å². The summed E-state index contributed by atoms with van der Waals surface area (Å²) in [6.07, 6.45) is 16.1. The van der Waals surface area contributed by atoms with Crippen molar-refractivity contribution >= 4 is 5.97 Å². The van der Waals surface area contributed by atoms with Crippen LogP contribution in [0, 0.1) is 17.8 Å². The maximum atomic E-state index is 11.3. The van der Waals surface area contributed by atoms with Crippen molar-refractivity contribution in [3.8, 4) is 0 Å². The molecular weight excluding hydrogens is 494 g/mol. The lowest BCUT2D eigenvalue weighted by Gasteiger charge is -2.43. The van der Waals surface area contributed by atoms with Gasteiger partial charge in [-0.15, -0.1) is 0 Å². The summed E-state index contributed by atoms with van der Waals surface area (Å²) in [5.74, 6) is -0.103. The van der Waals surface area contributed by atoms with Crippen LogP contribution in [-0.4, -0.2) is 55.6 Å². The lowest BCUT2D eigenvalue weighted by atomic mass is 9.79. The van der Waals surface area contributed by atoms with E-state index >= 15 is 0 Å². The van der Waals surface area contributed by atoms with E-state index in [2.05, 4.69) is 27.7 Å². The topological polar surface area (TPSA) is 89.2 Å². The molecule has 39 heavy (non-hydrogen) atoms. The number of rotatable bonds is 19. The summed E-state index contributed by atoms with van der Waals surface area (Å²) in [7, 11) is 0. The molecule has 0 aromatic carbocycles. The SMILES string of the molecule is CCCCCCCCCCCCCC[C@H]1OC(C)(C)O[C@H]1[C@@H](N)CO[C@H]1OC(COC(C)=O)[C@H](C)[C@H](C)C1C. The first-order valence-corrected chi connectivity index (χ1v) is 16.1. The molecule has 7 heteroatoms. The third-order valence-corrected chi connectivity index (χ3v) is 8.87. The van der Waals surface area contributed by atoms with Crippen molar-refractivity contribution in [1.82, 2.24) is 0 Å². The number of hydrogen-bond acceptors (Lipinski definition) is 7. The molecule has 0 aliphatic carbocycles. The molecule has 2 rings (SSSR count). The summed E-state index contributed by atoms with van der Waals surface area (Å²) < 4.78 is 30.2. The Balaban J connectivity index is 1.71. The fraction of sp³-hybridized carbons (Fsp3) is 0.969. The van der Waals surface area contributed by atoms with Crippen LogP contribution >= 0.6 is 0 Å². The van der Waals surface area contributed by atoms with Crippen LogP contribution in [0.1, 0.15) is 132 Å². The predicted octanol–water partition coefficient (Wildman–Crippen LogP) is 7.14. The van der Waals surface area contributed by atoms with Gasteiger partial charge in [0.1, 0.15) is 12.7 Å². The number of carbonyl (C=O) groups is 1. The van der Waals surface area contributed by atoms with Gasteiger partial charge in [-0.2, -0.15) is 0 Å². The maximum absolute atomic E-state index is 11.3. The summed E-state index contributed by atoms with van der Waals surface area (Å²) in [5.41, 5.74) is 6.63. The second-order valence-corrected chi connectivity index (χ2v) is 12.7. The number of unbranched alkanes of at least 4 members (excludes halogenated alkanes) is 11. The maximum Gasteiger partial charge on any atom is 0.302 e. The van der Waals surface area contributed by atoms with Crippen LogP contribution in [0.2, 0.25) is 0 Å². The molecule has 0 radical (unpaired) electrons. The smallest absolute Gasteiger partial charge is 0.302 e. The Bertz CT molecular complexity index is 673. The van der Waals surface area contributed by atoms with Crippen molar-refractivity contribution in [1.29, 1.82) is 0 Å². The standard InChI is InChI=1S/C32H61NO6/c1-8-9-10-11-12-13-14-15-16-17-18-19-20-28-30(39-32(6,7)38-28)27(33)21-36-31-25(4)23(2)24(3)29(37-31)22-35-26(5)34/h23-25,27-31H,8-22,33H2,1-7H3/t23-,24+,25?,27-,28+,29?,30-,31-/m0/s1.